The first-order valence-electron chi connectivity index (χ1n) is 9.60. The van der Waals surface area contributed by atoms with E-state index in [9.17, 15) is 0 Å². The molecule has 0 bridgehead atoms. The van der Waals surface area contributed by atoms with E-state index >= 15 is 0 Å². The monoisotopic (exact) mass is 379 g/mol. The third-order valence-electron chi connectivity index (χ3n) is 5.34. The lowest BCUT2D eigenvalue weighted by atomic mass is 9.99. The van der Waals surface area contributed by atoms with Crippen LogP contribution in [0.4, 0.5) is 0 Å². The molecule has 0 saturated carbocycles. The maximum atomic E-state index is 4.57. The molecule has 5 nitrogen and oxygen atoms in total. The van der Waals surface area contributed by atoms with E-state index in [0.29, 0.717) is 0 Å². The fraction of sp³-hybridized carbons (Fsp3) is 0.125. The van der Waals surface area contributed by atoms with Crippen molar-refractivity contribution in [1.82, 2.24) is 24.3 Å². The van der Waals surface area contributed by atoms with Crippen molar-refractivity contribution in [3.8, 4) is 28.2 Å². The summed E-state index contributed by atoms with van der Waals surface area (Å²) in [6.07, 6.45) is 3.45. The van der Waals surface area contributed by atoms with Gasteiger partial charge in [-0.15, -0.1) is 0 Å². The van der Waals surface area contributed by atoms with Crippen molar-refractivity contribution in [2.45, 2.75) is 13.8 Å². The van der Waals surface area contributed by atoms with Crippen LogP contribution < -0.4 is 0 Å². The highest BCUT2D eigenvalue weighted by atomic mass is 15.3. The molecular formula is C24H21N5. The van der Waals surface area contributed by atoms with Gasteiger partial charge in [-0.2, -0.15) is 5.10 Å². The summed E-state index contributed by atoms with van der Waals surface area (Å²) >= 11 is 0. The second-order valence-corrected chi connectivity index (χ2v) is 7.38. The van der Waals surface area contributed by atoms with Gasteiger partial charge in [0.15, 0.2) is 5.82 Å². The molecule has 5 rings (SSSR count). The zero-order valence-corrected chi connectivity index (χ0v) is 16.7. The van der Waals surface area contributed by atoms with Gasteiger partial charge < -0.3 is 4.57 Å². The molecule has 0 aliphatic carbocycles. The second-order valence-electron chi connectivity index (χ2n) is 7.38. The summed E-state index contributed by atoms with van der Waals surface area (Å²) in [7, 11) is 2.00. The summed E-state index contributed by atoms with van der Waals surface area (Å²) in [4.78, 5) is 8.98. The first-order valence-corrected chi connectivity index (χ1v) is 9.60. The molecule has 0 aliphatic heterocycles. The number of benzene rings is 3. The first kappa shape index (κ1) is 17.4. The van der Waals surface area contributed by atoms with Gasteiger partial charge in [-0.05, 0) is 66.4 Å². The second kappa shape index (κ2) is 6.71. The number of rotatable bonds is 3. The molecule has 0 radical (unpaired) electrons. The average molecular weight is 379 g/mol. The molecule has 0 saturated heterocycles. The average Bonchev–Trinajstić information content (AvgIpc) is 3.35. The normalized spacial score (nSPS) is 11.3. The van der Waals surface area contributed by atoms with Crippen LogP contribution in [0.3, 0.4) is 0 Å². The molecule has 29 heavy (non-hydrogen) atoms. The van der Waals surface area contributed by atoms with Gasteiger partial charge in [0.25, 0.3) is 0 Å². The molecule has 5 heteroatoms. The van der Waals surface area contributed by atoms with Crippen LogP contribution in [0.25, 0.3) is 39.2 Å². The minimum Gasteiger partial charge on any atom is -0.334 e. The molecule has 3 aromatic carbocycles. The topological polar surface area (TPSA) is 48.5 Å². The van der Waals surface area contributed by atoms with Crippen LogP contribution in [0.15, 0.2) is 73.3 Å². The molecule has 2 heterocycles. The lowest BCUT2D eigenvalue weighted by molar-refractivity contribution is 0.871. The molecule has 0 N–H and O–H groups in total. The Bertz CT molecular complexity index is 1310. The fourth-order valence-corrected chi connectivity index (χ4v) is 3.95. The van der Waals surface area contributed by atoms with E-state index in [4.69, 9.17) is 0 Å². The minimum absolute atomic E-state index is 0.826. The molecule has 0 fully saturated rings. The van der Waals surface area contributed by atoms with Crippen molar-refractivity contribution in [3.05, 3.63) is 84.4 Å². The zero-order valence-electron chi connectivity index (χ0n) is 16.7. The Morgan fingerprint density at radius 1 is 0.759 bits per heavy atom. The Morgan fingerprint density at radius 3 is 2.28 bits per heavy atom. The summed E-state index contributed by atoms with van der Waals surface area (Å²) in [6, 6.07) is 21.1. The third-order valence-corrected chi connectivity index (χ3v) is 5.34. The predicted molar refractivity (Wildman–Crippen MR) is 116 cm³/mol. The maximum absolute atomic E-state index is 4.57. The number of hydrogen-bond donors (Lipinski definition) is 0. The lowest BCUT2D eigenvalue weighted by Gasteiger charge is -2.15. The molecule has 142 valence electrons. The first-order chi connectivity index (χ1) is 14.1. The van der Waals surface area contributed by atoms with Gasteiger partial charge in [-0.3, -0.25) is 0 Å². The smallest absolute Gasteiger partial charge is 0.163 e. The molecule has 2 aromatic heterocycles. The summed E-state index contributed by atoms with van der Waals surface area (Å²) in [6.45, 7) is 4.26. The molecule has 0 aliphatic rings. The SMILES string of the molecule is Cc1cc(-c2ccccc2)cc(C)c1-n1ncnc1-c1ccc2ncn(C)c2c1. The quantitative estimate of drug-likeness (QED) is 0.438. The van der Waals surface area contributed by atoms with Crippen molar-refractivity contribution < 1.29 is 0 Å². The van der Waals surface area contributed by atoms with Crippen LogP contribution in [0.1, 0.15) is 11.1 Å². The molecule has 0 spiro atoms. The van der Waals surface area contributed by atoms with E-state index in [2.05, 4.69) is 77.4 Å². The van der Waals surface area contributed by atoms with E-state index in [1.807, 2.05) is 34.8 Å². The minimum atomic E-state index is 0.826. The molecule has 5 aromatic rings. The van der Waals surface area contributed by atoms with Gasteiger partial charge >= 0.3 is 0 Å². The third kappa shape index (κ3) is 2.91. The molecular weight excluding hydrogens is 358 g/mol. The summed E-state index contributed by atoms with van der Waals surface area (Å²) in [5.74, 6) is 0.826. The standard InChI is InChI=1S/C24H21N5/c1-16-11-20(18-7-5-4-6-8-18)12-17(2)23(16)29-24(25-14-27-29)19-9-10-21-22(13-19)28(3)15-26-21/h4-15H,1-3H3. The van der Waals surface area contributed by atoms with Crippen LogP contribution in [-0.2, 0) is 7.05 Å². The van der Waals surface area contributed by atoms with Crippen LogP contribution in [0.5, 0.6) is 0 Å². The van der Waals surface area contributed by atoms with Crippen molar-refractivity contribution in [2.75, 3.05) is 0 Å². The highest BCUT2D eigenvalue weighted by molar-refractivity contribution is 5.81. The number of aromatic nitrogens is 5. The van der Waals surface area contributed by atoms with E-state index in [1.54, 1.807) is 6.33 Å². The number of hydrogen-bond acceptors (Lipinski definition) is 3. The van der Waals surface area contributed by atoms with E-state index < -0.39 is 0 Å². The molecule has 0 atom stereocenters. The van der Waals surface area contributed by atoms with Crippen LogP contribution in [0.2, 0.25) is 0 Å². The van der Waals surface area contributed by atoms with Crippen LogP contribution in [-0.4, -0.2) is 24.3 Å². The number of aryl methyl sites for hydroxylation is 3. The van der Waals surface area contributed by atoms with Crippen molar-refractivity contribution in [1.29, 1.82) is 0 Å². The molecule has 0 unspecified atom stereocenters. The Morgan fingerprint density at radius 2 is 1.52 bits per heavy atom. The number of nitrogens with zero attached hydrogens (tertiary/aromatic N) is 5. The van der Waals surface area contributed by atoms with Crippen LogP contribution in [0, 0.1) is 13.8 Å². The largest absolute Gasteiger partial charge is 0.334 e. The molecule has 0 amide bonds. The Hall–Kier alpha value is -3.73. The van der Waals surface area contributed by atoms with Gasteiger partial charge in [-0.25, -0.2) is 14.6 Å². The summed E-state index contributed by atoms with van der Waals surface area (Å²) < 4.78 is 3.96. The van der Waals surface area contributed by atoms with Crippen molar-refractivity contribution in [3.63, 3.8) is 0 Å². The van der Waals surface area contributed by atoms with Gasteiger partial charge in [0.2, 0.25) is 0 Å². The maximum Gasteiger partial charge on any atom is 0.163 e. The number of imidazole rings is 1. The predicted octanol–water partition coefficient (Wildman–Crippen LogP) is 5.10. The lowest BCUT2D eigenvalue weighted by Crippen LogP contribution is -2.05. The van der Waals surface area contributed by atoms with Gasteiger partial charge in [0.1, 0.15) is 6.33 Å². The fourth-order valence-electron chi connectivity index (χ4n) is 3.95. The van der Waals surface area contributed by atoms with E-state index in [0.717, 1.165) is 39.2 Å². The van der Waals surface area contributed by atoms with Crippen molar-refractivity contribution in [2.24, 2.45) is 7.05 Å². The van der Waals surface area contributed by atoms with E-state index in [1.165, 1.54) is 11.1 Å². The Kier molecular flexibility index (Phi) is 4.02. The van der Waals surface area contributed by atoms with E-state index in [-0.39, 0.29) is 0 Å². The highest BCUT2D eigenvalue weighted by Gasteiger charge is 2.16. The van der Waals surface area contributed by atoms with Gasteiger partial charge in [-0.1, -0.05) is 30.3 Å². The van der Waals surface area contributed by atoms with Crippen molar-refractivity contribution >= 4 is 11.0 Å². The Balaban J connectivity index is 1.64. The summed E-state index contributed by atoms with van der Waals surface area (Å²) in [5, 5.41) is 4.56. The van der Waals surface area contributed by atoms with Crippen LogP contribution >= 0.6 is 0 Å². The number of fused-ring (bicyclic) bond motifs is 1. The summed E-state index contributed by atoms with van der Waals surface area (Å²) in [5.41, 5.74) is 8.89. The van der Waals surface area contributed by atoms with Gasteiger partial charge in [0, 0.05) is 12.6 Å². The van der Waals surface area contributed by atoms with Gasteiger partial charge in [0.05, 0.1) is 23.0 Å². The Labute approximate surface area is 169 Å². The zero-order chi connectivity index (χ0) is 20.0. The highest BCUT2D eigenvalue weighted by Crippen LogP contribution is 2.30.